The summed E-state index contributed by atoms with van der Waals surface area (Å²) in [6, 6.07) is 11.2. The molecule has 1 aromatic carbocycles. The van der Waals surface area contributed by atoms with Crippen LogP contribution in [0.15, 0.2) is 46.8 Å². The van der Waals surface area contributed by atoms with E-state index in [1.54, 1.807) is 19.2 Å². The van der Waals surface area contributed by atoms with Gasteiger partial charge in [0.25, 0.3) is 15.9 Å². The van der Waals surface area contributed by atoms with Crippen molar-refractivity contribution in [2.75, 3.05) is 38.0 Å². The number of hydrogen-bond donors (Lipinski definition) is 3. The van der Waals surface area contributed by atoms with Crippen LogP contribution in [0.2, 0.25) is 0 Å². The summed E-state index contributed by atoms with van der Waals surface area (Å²) in [4.78, 5) is 34.2. The van der Waals surface area contributed by atoms with Crippen molar-refractivity contribution in [3.8, 4) is 11.1 Å². The van der Waals surface area contributed by atoms with E-state index in [1.165, 1.54) is 4.31 Å². The molecule has 0 spiro atoms. The summed E-state index contributed by atoms with van der Waals surface area (Å²) in [6.07, 6.45) is 0.491. The molecule has 0 aliphatic carbocycles. The molecule has 3 aromatic rings. The number of carbonyl (C=O) groups is 2. The highest BCUT2D eigenvalue weighted by Gasteiger charge is 2.32. The third-order valence-electron chi connectivity index (χ3n) is 6.15. The number of rotatable bonds is 8. The van der Waals surface area contributed by atoms with Gasteiger partial charge < -0.3 is 10.4 Å². The van der Waals surface area contributed by atoms with Crippen LogP contribution in [0.25, 0.3) is 11.1 Å². The first kappa shape index (κ1) is 27.6. The smallest absolute Gasteiger partial charge is 0.410 e. The fourth-order valence-electron chi connectivity index (χ4n) is 4.26. The number of carboxylic acid groups (broad SMARTS) is 1. The maximum Gasteiger partial charge on any atom is 0.410 e. The summed E-state index contributed by atoms with van der Waals surface area (Å²) in [5, 5.41) is 14.0. The lowest BCUT2D eigenvalue weighted by Gasteiger charge is -2.35. The number of nitrogens with zero attached hydrogens (tertiary/aromatic N) is 4. The van der Waals surface area contributed by atoms with Crippen molar-refractivity contribution < 1.29 is 23.1 Å². The molecule has 1 aliphatic heterocycles. The zero-order chi connectivity index (χ0) is 27.4. The van der Waals surface area contributed by atoms with E-state index in [1.807, 2.05) is 44.2 Å². The maximum atomic E-state index is 13.1. The predicted molar refractivity (Wildman–Crippen MR) is 145 cm³/mol. The molecule has 13 heteroatoms. The van der Waals surface area contributed by atoms with Crippen molar-refractivity contribution in [3.63, 3.8) is 0 Å². The number of hydrogen-bond acceptors (Lipinski definition) is 8. The van der Waals surface area contributed by atoms with Gasteiger partial charge in [0.15, 0.2) is 9.34 Å². The third-order valence-corrected chi connectivity index (χ3v) is 9.71. The number of amides is 2. The number of carbonyl (C=O) groups excluding carboxylic acids is 1. The largest absolute Gasteiger partial charge is 0.465 e. The minimum atomic E-state index is -3.79. The molecule has 1 atom stereocenters. The molecule has 4 rings (SSSR count). The Morgan fingerprint density at radius 3 is 2.50 bits per heavy atom. The fourth-order valence-corrected chi connectivity index (χ4v) is 7.22. The first-order valence-electron chi connectivity index (χ1n) is 12.1. The van der Waals surface area contributed by atoms with Gasteiger partial charge in [-0.1, -0.05) is 29.5 Å². The lowest BCUT2D eigenvalue weighted by atomic mass is 10.0. The predicted octanol–water partition coefficient (Wildman–Crippen LogP) is 3.04. The molecule has 38 heavy (non-hydrogen) atoms. The number of aromatic nitrogens is 2. The first-order valence-corrected chi connectivity index (χ1v) is 14.3. The fraction of sp³-hybridized carbons (Fsp3) is 0.360. The molecule has 1 aliphatic rings. The summed E-state index contributed by atoms with van der Waals surface area (Å²) in [7, 11) is -3.79. The molecule has 3 heterocycles. The number of pyridine rings is 1. The van der Waals surface area contributed by atoms with Crippen LogP contribution in [0.5, 0.6) is 0 Å². The average molecular weight is 559 g/mol. The van der Waals surface area contributed by atoms with Gasteiger partial charge in [0.05, 0.1) is 5.69 Å². The second-order valence-corrected chi connectivity index (χ2v) is 12.3. The molecular formula is C25H30N6O5S2. The zero-order valence-corrected chi connectivity index (χ0v) is 23.0. The summed E-state index contributed by atoms with van der Waals surface area (Å²) in [5.74, 6) is -0.174. The molecule has 2 amide bonds. The lowest BCUT2D eigenvalue weighted by molar-refractivity contribution is 0.0922. The molecule has 3 N–H and O–H groups in total. The molecule has 202 valence electrons. The first-order chi connectivity index (χ1) is 18.0. The van der Waals surface area contributed by atoms with E-state index < -0.39 is 16.1 Å². The van der Waals surface area contributed by atoms with E-state index in [4.69, 9.17) is 5.11 Å². The van der Waals surface area contributed by atoms with Gasteiger partial charge in [0, 0.05) is 61.8 Å². The number of piperazine rings is 1. The summed E-state index contributed by atoms with van der Waals surface area (Å²) in [5.41, 5.74) is 3.60. The van der Waals surface area contributed by atoms with Crippen LogP contribution in [0.3, 0.4) is 0 Å². The number of sulfonamides is 1. The monoisotopic (exact) mass is 558 g/mol. The topological polar surface area (TPSA) is 145 Å². The third kappa shape index (κ3) is 6.54. The Morgan fingerprint density at radius 2 is 1.84 bits per heavy atom. The van der Waals surface area contributed by atoms with E-state index in [0.717, 1.165) is 28.2 Å². The number of benzene rings is 1. The van der Waals surface area contributed by atoms with Crippen molar-refractivity contribution in [2.45, 2.75) is 31.0 Å². The van der Waals surface area contributed by atoms with Gasteiger partial charge in [-0.15, -0.1) is 0 Å². The van der Waals surface area contributed by atoms with Crippen LogP contribution in [0.4, 0.5) is 9.93 Å². The van der Waals surface area contributed by atoms with E-state index in [-0.39, 0.29) is 40.1 Å². The highest BCUT2D eigenvalue weighted by atomic mass is 32.2. The molecule has 1 fully saturated rings. The minimum absolute atomic E-state index is 0.0258. The van der Waals surface area contributed by atoms with Gasteiger partial charge in [-0.05, 0) is 44.5 Å². The lowest BCUT2D eigenvalue weighted by Crippen LogP contribution is -2.52. The summed E-state index contributed by atoms with van der Waals surface area (Å²) >= 11 is 0.807. The molecule has 11 nitrogen and oxygen atoms in total. The Labute approximate surface area is 225 Å². The van der Waals surface area contributed by atoms with Crippen molar-refractivity contribution in [2.24, 2.45) is 0 Å². The van der Waals surface area contributed by atoms with Gasteiger partial charge >= 0.3 is 6.09 Å². The van der Waals surface area contributed by atoms with Crippen LogP contribution < -0.4 is 10.6 Å². The second kappa shape index (κ2) is 11.6. The number of anilines is 1. The maximum absolute atomic E-state index is 13.1. The molecule has 1 saturated heterocycles. The minimum Gasteiger partial charge on any atom is -0.465 e. The number of aryl methyl sites for hydroxylation is 2. The van der Waals surface area contributed by atoms with Crippen LogP contribution in [0, 0.1) is 13.8 Å². The SMILES string of the molecule is Cc1ccc(-c2cccc(C(=O)NC(C)CN3CCN(S(=O)(=O)c4sc(NC(=O)O)nc4C)CC3)c2)cn1. The molecule has 0 bridgehead atoms. The number of nitrogens with one attached hydrogen (secondary N) is 2. The highest BCUT2D eigenvalue weighted by molar-refractivity contribution is 7.91. The van der Waals surface area contributed by atoms with E-state index in [9.17, 15) is 18.0 Å². The summed E-state index contributed by atoms with van der Waals surface area (Å²) in [6.45, 7) is 7.56. The Bertz CT molecular complexity index is 1420. The van der Waals surface area contributed by atoms with Gasteiger partial charge in [-0.25, -0.2) is 18.2 Å². The normalized spacial score (nSPS) is 15.7. The average Bonchev–Trinajstić information content (AvgIpc) is 3.24. The number of thiazole rings is 1. The molecule has 1 unspecified atom stereocenters. The van der Waals surface area contributed by atoms with Crippen molar-refractivity contribution in [1.29, 1.82) is 0 Å². The van der Waals surface area contributed by atoms with Gasteiger partial charge in [0.1, 0.15) is 0 Å². The highest BCUT2D eigenvalue weighted by Crippen LogP contribution is 2.30. The van der Waals surface area contributed by atoms with Gasteiger partial charge in [0.2, 0.25) is 0 Å². The van der Waals surface area contributed by atoms with Crippen LogP contribution in [-0.2, 0) is 10.0 Å². The standard InChI is InChI=1S/C25H30N6O5S2/c1-16-7-8-21(14-26-16)19-5-4-6-20(13-19)22(32)27-17(2)15-30-9-11-31(12-10-30)38(35,36)23-18(3)28-24(37-23)29-25(33)34/h4-8,13-14,17H,9-12,15H2,1-3H3,(H,27,32)(H,28,29)(H,33,34). The second-order valence-electron chi connectivity index (χ2n) is 9.17. The molecule has 0 radical (unpaired) electrons. The zero-order valence-electron chi connectivity index (χ0n) is 21.3. The van der Waals surface area contributed by atoms with Gasteiger partial charge in [-0.3, -0.25) is 20.0 Å². The quantitative estimate of drug-likeness (QED) is 0.383. The van der Waals surface area contributed by atoms with Crippen molar-refractivity contribution in [1.82, 2.24) is 24.5 Å². The van der Waals surface area contributed by atoms with Gasteiger partial charge in [-0.2, -0.15) is 4.31 Å². The molecule has 0 saturated carbocycles. The van der Waals surface area contributed by atoms with E-state index in [2.05, 4.69) is 25.5 Å². The Kier molecular flexibility index (Phi) is 8.41. The van der Waals surface area contributed by atoms with Crippen LogP contribution >= 0.6 is 11.3 Å². The van der Waals surface area contributed by atoms with Crippen molar-refractivity contribution in [3.05, 3.63) is 59.5 Å². The Hall–Kier alpha value is -3.39. The summed E-state index contributed by atoms with van der Waals surface area (Å²) < 4.78 is 27.7. The van der Waals surface area contributed by atoms with E-state index >= 15 is 0 Å². The van der Waals surface area contributed by atoms with Crippen LogP contribution in [0.1, 0.15) is 28.7 Å². The van der Waals surface area contributed by atoms with Crippen molar-refractivity contribution >= 4 is 38.5 Å². The molecular weight excluding hydrogens is 528 g/mol. The van der Waals surface area contributed by atoms with Crippen LogP contribution in [-0.4, -0.2) is 83.5 Å². The Balaban J connectivity index is 1.31. The molecule has 2 aromatic heterocycles. The van der Waals surface area contributed by atoms with E-state index in [0.29, 0.717) is 25.2 Å². The Morgan fingerprint density at radius 1 is 1.11 bits per heavy atom.